The predicted molar refractivity (Wildman–Crippen MR) is 85.4 cm³/mol. The maximum Gasteiger partial charge on any atom is 0.339 e. The van der Waals surface area contributed by atoms with Crippen molar-refractivity contribution in [2.45, 2.75) is 6.92 Å². The van der Waals surface area contributed by atoms with E-state index in [1.54, 1.807) is 12.3 Å². The van der Waals surface area contributed by atoms with Crippen LogP contribution in [0.1, 0.15) is 21.6 Å². The summed E-state index contributed by atoms with van der Waals surface area (Å²) in [6.07, 6.45) is 1.70. The van der Waals surface area contributed by atoms with Crippen LogP contribution in [0.25, 0.3) is 10.9 Å². The van der Waals surface area contributed by atoms with Crippen LogP contribution in [-0.4, -0.2) is 27.4 Å². The average molecular weight is 294 g/mol. The number of aromatic nitrogens is 1. The van der Waals surface area contributed by atoms with Crippen LogP contribution < -0.4 is 0 Å². The molecule has 110 valence electrons. The van der Waals surface area contributed by atoms with Crippen LogP contribution in [-0.2, 0) is 0 Å². The van der Waals surface area contributed by atoms with Crippen molar-refractivity contribution >= 4 is 28.8 Å². The number of hydrogen-bond acceptors (Lipinski definition) is 3. The molecule has 3 aromatic rings. The molecule has 5 heteroatoms. The molecule has 5 nitrogen and oxygen atoms in total. The number of nitrogens with zero attached hydrogens (tertiary/aromatic N) is 1. The monoisotopic (exact) mass is 294 g/mol. The number of fused-ring (bicyclic) bond motifs is 1. The minimum absolute atomic E-state index is 0.162. The van der Waals surface area contributed by atoms with Crippen LogP contribution in [0.2, 0.25) is 0 Å². The number of aromatic amines is 1. The van der Waals surface area contributed by atoms with Gasteiger partial charge in [-0.2, -0.15) is 0 Å². The lowest BCUT2D eigenvalue weighted by atomic mass is 10.1. The van der Waals surface area contributed by atoms with Gasteiger partial charge in [0, 0.05) is 28.4 Å². The van der Waals surface area contributed by atoms with E-state index in [9.17, 15) is 9.90 Å². The van der Waals surface area contributed by atoms with Gasteiger partial charge in [-0.1, -0.05) is 18.2 Å². The van der Waals surface area contributed by atoms with E-state index in [4.69, 9.17) is 5.11 Å². The average Bonchev–Trinajstić information content (AvgIpc) is 2.81. The highest BCUT2D eigenvalue weighted by Gasteiger charge is 2.10. The Bertz CT molecular complexity index is 894. The van der Waals surface area contributed by atoms with Gasteiger partial charge in [-0.05, 0) is 31.2 Å². The number of aromatic hydroxyl groups is 1. The molecular weight excluding hydrogens is 280 g/mol. The molecule has 0 radical (unpaired) electrons. The summed E-state index contributed by atoms with van der Waals surface area (Å²) < 4.78 is 0. The van der Waals surface area contributed by atoms with E-state index in [0.717, 1.165) is 22.2 Å². The largest absolute Gasteiger partial charge is 0.507 e. The molecule has 0 unspecified atom stereocenters. The number of aromatic carboxylic acids is 1. The number of phenols is 1. The Balaban J connectivity index is 2.01. The Morgan fingerprint density at radius 3 is 2.77 bits per heavy atom. The second-order valence-electron chi connectivity index (χ2n) is 4.97. The van der Waals surface area contributed by atoms with E-state index in [1.807, 2.05) is 31.2 Å². The minimum Gasteiger partial charge on any atom is -0.507 e. The fraction of sp³-hybridized carbons (Fsp3) is 0.0588. The lowest BCUT2D eigenvalue weighted by Crippen LogP contribution is -1.95. The van der Waals surface area contributed by atoms with Gasteiger partial charge in [0.1, 0.15) is 11.3 Å². The summed E-state index contributed by atoms with van der Waals surface area (Å²) in [6, 6.07) is 12.1. The minimum atomic E-state index is -1.18. The standard InChI is InChI=1S/C17H14N2O3/c1-10-14(12-4-2-3-5-15(12)19-10)9-18-11-6-7-16(20)13(8-11)17(21)22/h2-9,19-20H,1H3,(H,21,22). The molecule has 0 aliphatic carbocycles. The van der Waals surface area contributed by atoms with Crippen molar-refractivity contribution in [1.82, 2.24) is 4.98 Å². The topological polar surface area (TPSA) is 85.7 Å². The zero-order valence-electron chi connectivity index (χ0n) is 11.9. The maximum atomic E-state index is 11.0. The van der Waals surface area contributed by atoms with Gasteiger partial charge in [-0.3, -0.25) is 4.99 Å². The number of nitrogens with one attached hydrogen (secondary N) is 1. The molecule has 2 aromatic carbocycles. The molecule has 3 N–H and O–H groups in total. The summed E-state index contributed by atoms with van der Waals surface area (Å²) in [7, 11) is 0. The number of H-pyrrole nitrogens is 1. The Morgan fingerprint density at radius 2 is 2.00 bits per heavy atom. The van der Waals surface area contributed by atoms with Gasteiger partial charge < -0.3 is 15.2 Å². The molecule has 1 aromatic heterocycles. The highest BCUT2D eigenvalue weighted by Crippen LogP contribution is 2.25. The first-order valence-corrected chi connectivity index (χ1v) is 6.74. The van der Waals surface area contributed by atoms with Crippen LogP contribution in [0.15, 0.2) is 47.5 Å². The summed E-state index contributed by atoms with van der Waals surface area (Å²) in [6.45, 7) is 1.96. The van der Waals surface area contributed by atoms with Crippen LogP contribution in [0, 0.1) is 6.92 Å². The normalized spacial score (nSPS) is 11.3. The SMILES string of the molecule is Cc1[nH]c2ccccc2c1C=Nc1ccc(O)c(C(=O)O)c1. The number of carbonyl (C=O) groups is 1. The van der Waals surface area contributed by atoms with Crippen molar-refractivity contribution in [2.75, 3.05) is 0 Å². The van der Waals surface area contributed by atoms with Crippen LogP contribution >= 0.6 is 0 Å². The molecule has 0 atom stereocenters. The summed E-state index contributed by atoms with van der Waals surface area (Å²) in [5, 5.41) is 19.6. The van der Waals surface area contributed by atoms with Crippen molar-refractivity contribution in [3.63, 3.8) is 0 Å². The molecule has 22 heavy (non-hydrogen) atoms. The number of aliphatic imine (C=N–C) groups is 1. The van der Waals surface area contributed by atoms with E-state index in [-0.39, 0.29) is 11.3 Å². The molecule has 1 heterocycles. The van der Waals surface area contributed by atoms with E-state index in [1.165, 1.54) is 12.1 Å². The summed E-state index contributed by atoms with van der Waals surface area (Å²) in [5.41, 5.74) is 3.28. The molecule has 0 saturated heterocycles. The number of para-hydroxylation sites is 1. The van der Waals surface area contributed by atoms with Gasteiger partial charge in [0.05, 0.1) is 5.69 Å². The highest BCUT2D eigenvalue weighted by molar-refractivity contribution is 6.01. The Labute approximate surface area is 126 Å². The van der Waals surface area contributed by atoms with Gasteiger partial charge in [0.15, 0.2) is 0 Å². The number of rotatable bonds is 3. The Morgan fingerprint density at radius 1 is 1.23 bits per heavy atom. The van der Waals surface area contributed by atoms with Crippen molar-refractivity contribution < 1.29 is 15.0 Å². The molecule has 0 saturated carbocycles. The highest BCUT2D eigenvalue weighted by atomic mass is 16.4. The first-order valence-electron chi connectivity index (χ1n) is 6.74. The van der Waals surface area contributed by atoms with Crippen molar-refractivity contribution in [3.05, 3.63) is 59.3 Å². The second kappa shape index (κ2) is 5.37. The number of carboxylic acids is 1. The van der Waals surface area contributed by atoms with E-state index >= 15 is 0 Å². The molecule has 0 aliphatic heterocycles. The van der Waals surface area contributed by atoms with Gasteiger partial charge in [0.25, 0.3) is 0 Å². The van der Waals surface area contributed by atoms with E-state index in [2.05, 4.69) is 9.98 Å². The molecule has 0 bridgehead atoms. The van der Waals surface area contributed by atoms with Crippen molar-refractivity contribution in [3.8, 4) is 5.75 Å². The van der Waals surface area contributed by atoms with Gasteiger partial charge in [0.2, 0.25) is 0 Å². The number of aryl methyl sites for hydroxylation is 1. The fourth-order valence-corrected chi connectivity index (χ4v) is 2.38. The fourth-order valence-electron chi connectivity index (χ4n) is 2.38. The first kappa shape index (κ1) is 13.9. The molecule has 3 rings (SSSR count). The van der Waals surface area contributed by atoms with Crippen molar-refractivity contribution in [1.29, 1.82) is 0 Å². The van der Waals surface area contributed by atoms with E-state index in [0.29, 0.717) is 5.69 Å². The first-order chi connectivity index (χ1) is 10.6. The van der Waals surface area contributed by atoms with Gasteiger partial charge in [-0.15, -0.1) is 0 Å². The summed E-state index contributed by atoms with van der Waals surface area (Å²) in [4.78, 5) is 18.6. The third-order valence-corrected chi connectivity index (χ3v) is 3.50. The number of benzene rings is 2. The quantitative estimate of drug-likeness (QED) is 0.645. The second-order valence-corrected chi connectivity index (χ2v) is 4.97. The Kier molecular flexibility index (Phi) is 3.39. The summed E-state index contributed by atoms with van der Waals surface area (Å²) >= 11 is 0. The Hall–Kier alpha value is -3.08. The predicted octanol–water partition coefficient (Wildman–Crippen LogP) is 3.63. The molecular formula is C17H14N2O3. The molecule has 0 aliphatic rings. The zero-order valence-corrected chi connectivity index (χ0v) is 11.9. The van der Waals surface area contributed by atoms with Gasteiger partial charge in [-0.25, -0.2) is 4.79 Å². The molecule has 0 spiro atoms. The maximum absolute atomic E-state index is 11.0. The van der Waals surface area contributed by atoms with Gasteiger partial charge >= 0.3 is 5.97 Å². The third kappa shape index (κ3) is 2.44. The van der Waals surface area contributed by atoms with Crippen LogP contribution in [0.4, 0.5) is 5.69 Å². The third-order valence-electron chi connectivity index (χ3n) is 3.50. The lowest BCUT2D eigenvalue weighted by molar-refractivity contribution is 0.0694. The lowest BCUT2D eigenvalue weighted by Gasteiger charge is -2.00. The van der Waals surface area contributed by atoms with Crippen LogP contribution in [0.5, 0.6) is 5.75 Å². The molecule has 0 amide bonds. The molecule has 0 fully saturated rings. The van der Waals surface area contributed by atoms with Crippen molar-refractivity contribution in [2.24, 2.45) is 4.99 Å². The summed E-state index contributed by atoms with van der Waals surface area (Å²) in [5.74, 6) is -1.45. The van der Waals surface area contributed by atoms with E-state index < -0.39 is 5.97 Å². The zero-order chi connectivity index (χ0) is 15.7. The number of hydrogen-bond donors (Lipinski definition) is 3. The number of carboxylic acid groups (broad SMARTS) is 1. The van der Waals surface area contributed by atoms with Crippen LogP contribution in [0.3, 0.4) is 0 Å². The smallest absolute Gasteiger partial charge is 0.339 e.